The monoisotopic (exact) mass is 304 g/mol. The third-order valence-corrected chi connectivity index (χ3v) is 5.49. The summed E-state index contributed by atoms with van der Waals surface area (Å²) in [4.78, 5) is 2.48. The normalized spacial score (nSPS) is 20.4. The molecule has 1 heterocycles. The van der Waals surface area contributed by atoms with Crippen LogP contribution in [0.5, 0.6) is 0 Å². The molecule has 20 heavy (non-hydrogen) atoms. The summed E-state index contributed by atoms with van der Waals surface area (Å²) in [5.74, 6) is 1.73. The summed E-state index contributed by atoms with van der Waals surface area (Å²) in [5, 5.41) is 0. The Morgan fingerprint density at radius 3 is 2.30 bits per heavy atom. The lowest BCUT2D eigenvalue weighted by Gasteiger charge is -2.34. The van der Waals surface area contributed by atoms with Gasteiger partial charge in [0.05, 0.1) is 5.75 Å². The molecule has 1 N–H and O–H groups in total. The Kier molecular flexibility index (Phi) is 7.48. The molecule has 0 bridgehead atoms. The summed E-state index contributed by atoms with van der Waals surface area (Å²) in [6.45, 7) is 11.9. The van der Waals surface area contributed by atoms with Crippen LogP contribution in [0, 0.1) is 11.8 Å². The Morgan fingerprint density at radius 2 is 1.80 bits per heavy atom. The zero-order valence-corrected chi connectivity index (χ0v) is 14.4. The molecule has 0 saturated carbocycles. The topological polar surface area (TPSA) is 49.4 Å². The zero-order valence-electron chi connectivity index (χ0n) is 13.6. The molecule has 1 fully saturated rings. The van der Waals surface area contributed by atoms with Crippen LogP contribution in [0.4, 0.5) is 0 Å². The molecule has 1 aliphatic rings. The van der Waals surface area contributed by atoms with Crippen molar-refractivity contribution in [1.29, 1.82) is 0 Å². The van der Waals surface area contributed by atoms with Crippen LogP contribution < -0.4 is 4.72 Å². The molecule has 0 unspecified atom stereocenters. The third-order valence-electron chi connectivity index (χ3n) is 3.85. The molecule has 0 aromatic rings. The van der Waals surface area contributed by atoms with E-state index >= 15 is 0 Å². The minimum Gasteiger partial charge on any atom is -0.303 e. The Labute approximate surface area is 125 Å². The maximum absolute atomic E-state index is 11.8. The van der Waals surface area contributed by atoms with E-state index in [9.17, 15) is 8.42 Å². The lowest BCUT2D eigenvalue weighted by atomic mass is 9.97. The van der Waals surface area contributed by atoms with Crippen LogP contribution in [0.15, 0.2) is 0 Å². The maximum atomic E-state index is 11.8. The molecular weight excluding hydrogens is 272 g/mol. The molecule has 1 saturated heterocycles. The largest absolute Gasteiger partial charge is 0.303 e. The van der Waals surface area contributed by atoms with E-state index in [-0.39, 0.29) is 11.8 Å². The number of hydrogen-bond acceptors (Lipinski definition) is 3. The van der Waals surface area contributed by atoms with Crippen LogP contribution in [-0.4, -0.2) is 44.7 Å². The first kappa shape index (κ1) is 17.9. The lowest BCUT2D eigenvalue weighted by molar-refractivity contribution is 0.175. The molecule has 1 rings (SSSR count). The van der Waals surface area contributed by atoms with Crippen LogP contribution in [0.25, 0.3) is 0 Å². The van der Waals surface area contributed by atoms with Crippen molar-refractivity contribution in [3.05, 3.63) is 0 Å². The van der Waals surface area contributed by atoms with E-state index in [2.05, 4.69) is 30.4 Å². The van der Waals surface area contributed by atoms with Crippen molar-refractivity contribution in [1.82, 2.24) is 9.62 Å². The SMILES string of the molecule is CCCS(=O)(=O)NC1CCN(C[C@H](C)CC(C)C)CC1. The fourth-order valence-electron chi connectivity index (χ4n) is 3.14. The van der Waals surface area contributed by atoms with Crippen molar-refractivity contribution in [3.8, 4) is 0 Å². The molecule has 0 radical (unpaired) electrons. The predicted molar refractivity (Wildman–Crippen MR) is 85.3 cm³/mol. The Hall–Kier alpha value is -0.130. The van der Waals surface area contributed by atoms with Gasteiger partial charge in [-0.25, -0.2) is 13.1 Å². The van der Waals surface area contributed by atoms with Gasteiger partial charge >= 0.3 is 0 Å². The van der Waals surface area contributed by atoms with Crippen LogP contribution >= 0.6 is 0 Å². The van der Waals surface area contributed by atoms with Gasteiger partial charge in [-0.3, -0.25) is 0 Å². The van der Waals surface area contributed by atoms with E-state index in [0.29, 0.717) is 6.42 Å². The van der Waals surface area contributed by atoms with E-state index in [4.69, 9.17) is 0 Å². The number of nitrogens with zero attached hydrogens (tertiary/aromatic N) is 1. The number of rotatable bonds is 8. The quantitative estimate of drug-likeness (QED) is 0.749. The second kappa shape index (κ2) is 8.35. The van der Waals surface area contributed by atoms with Gasteiger partial charge in [0.1, 0.15) is 0 Å². The van der Waals surface area contributed by atoms with Gasteiger partial charge < -0.3 is 4.90 Å². The van der Waals surface area contributed by atoms with Gasteiger partial charge in [-0.15, -0.1) is 0 Å². The minimum atomic E-state index is -3.06. The van der Waals surface area contributed by atoms with Crippen molar-refractivity contribution in [2.45, 2.75) is 59.4 Å². The predicted octanol–water partition coefficient (Wildman–Crippen LogP) is 2.46. The zero-order chi connectivity index (χ0) is 15.2. The van der Waals surface area contributed by atoms with E-state index in [1.165, 1.54) is 6.42 Å². The van der Waals surface area contributed by atoms with Crippen molar-refractivity contribution in [2.24, 2.45) is 11.8 Å². The van der Waals surface area contributed by atoms with E-state index in [1.54, 1.807) is 0 Å². The van der Waals surface area contributed by atoms with Gasteiger partial charge in [-0.1, -0.05) is 27.7 Å². The highest BCUT2D eigenvalue weighted by Gasteiger charge is 2.23. The third kappa shape index (κ3) is 7.04. The second-order valence-corrected chi connectivity index (χ2v) is 8.62. The summed E-state index contributed by atoms with van der Waals surface area (Å²) < 4.78 is 26.4. The Bertz CT molecular complexity index is 360. The first-order valence-electron chi connectivity index (χ1n) is 8.04. The van der Waals surface area contributed by atoms with Gasteiger partial charge in [0.15, 0.2) is 0 Å². The number of sulfonamides is 1. The Morgan fingerprint density at radius 1 is 1.20 bits per heavy atom. The van der Waals surface area contributed by atoms with E-state index in [1.807, 2.05) is 6.92 Å². The summed E-state index contributed by atoms with van der Waals surface area (Å²) in [5.41, 5.74) is 0. The summed E-state index contributed by atoms with van der Waals surface area (Å²) >= 11 is 0. The lowest BCUT2D eigenvalue weighted by Crippen LogP contribution is -2.46. The molecule has 0 amide bonds. The van der Waals surface area contributed by atoms with Crippen molar-refractivity contribution in [2.75, 3.05) is 25.4 Å². The highest BCUT2D eigenvalue weighted by Crippen LogP contribution is 2.17. The molecule has 0 aromatic carbocycles. The summed E-state index contributed by atoms with van der Waals surface area (Å²) in [6, 6.07) is 0.142. The van der Waals surface area contributed by atoms with E-state index < -0.39 is 10.0 Å². The first-order chi connectivity index (χ1) is 9.32. The van der Waals surface area contributed by atoms with Crippen LogP contribution in [0.1, 0.15) is 53.4 Å². The van der Waals surface area contributed by atoms with Crippen LogP contribution in [-0.2, 0) is 10.0 Å². The maximum Gasteiger partial charge on any atom is 0.211 e. The van der Waals surface area contributed by atoms with Gasteiger partial charge in [0, 0.05) is 12.6 Å². The van der Waals surface area contributed by atoms with Gasteiger partial charge in [0.2, 0.25) is 10.0 Å². The highest BCUT2D eigenvalue weighted by molar-refractivity contribution is 7.89. The standard InChI is InChI=1S/C15H32N2O2S/c1-5-10-20(18,19)16-15-6-8-17(9-7-15)12-14(4)11-13(2)3/h13-16H,5-12H2,1-4H3/t14-/m1/s1. The summed E-state index contributed by atoms with van der Waals surface area (Å²) in [7, 11) is -3.06. The first-order valence-corrected chi connectivity index (χ1v) is 9.70. The number of hydrogen-bond donors (Lipinski definition) is 1. The Balaban J connectivity index is 2.29. The van der Waals surface area contributed by atoms with Gasteiger partial charge in [-0.05, 0) is 50.6 Å². The van der Waals surface area contributed by atoms with Crippen molar-refractivity contribution >= 4 is 10.0 Å². The second-order valence-electron chi connectivity index (χ2n) is 6.75. The molecule has 4 nitrogen and oxygen atoms in total. The average Bonchev–Trinajstić information content (AvgIpc) is 2.30. The summed E-state index contributed by atoms with van der Waals surface area (Å²) in [6.07, 6.45) is 3.83. The molecule has 5 heteroatoms. The number of piperidine rings is 1. The molecule has 1 aliphatic heterocycles. The smallest absolute Gasteiger partial charge is 0.211 e. The van der Waals surface area contributed by atoms with Gasteiger partial charge in [0.25, 0.3) is 0 Å². The van der Waals surface area contributed by atoms with Crippen molar-refractivity contribution in [3.63, 3.8) is 0 Å². The minimum absolute atomic E-state index is 0.142. The van der Waals surface area contributed by atoms with Crippen LogP contribution in [0.3, 0.4) is 0 Å². The van der Waals surface area contributed by atoms with E-state index in [0.717, 1.165) is 44.3 Å². The van der Waals surface area contributed by atoms with Gasteiger partial charge in [-0.2, -0.15) is 0 Å². The molecular formula is C15H32N2O2S. The highest BCUT2D eigenvalue weighted by atomic mass is 32.2. The average molecular weight is 305 g/mol. The van der Waals surface area contributed by atoms with Crippen molar-refractivity contribution < 1.29 is 8.42 Å². The number of likely N-dealkylation sites (tertiary alicyclic amines) is 1. The number of nitrogens with one attached hydrogen (secondary N) is 1. The molecule has 120 valence electrons. The molecule has 0 aliphatic carbocycles. The molecule has 0 aromatic heterocycles. The molecule has 1 atom stereocenters. The molecule has 0 spiro atoms. The fraction of sp³-hybridized carbons (Fsp3) is 1.00. The fourth-order valence-corrected chi connectivity index (χ4v) is 4.53. The van der Waals surface area contributed by atoms with Crippen LogP contribution in [0.2, 0.25) is 0 Å².